The van der Waals surface area contributed by atoms with Crippen LogP contribution < -0.4 is 0 Å². The van der Waals surface area contributed by atoms with E-state index in [-0.39, 0.29) is 10.6 Å². The number of hydroxylamine groups is 2. The molecular formula is C10H6BrNO3. The van der Waals surface area contributed by atoms with Gasteiger partial charge in [0.2, 0.25) is 0 Å². The molecule has 1 aromatic rings. The molecule has 0 aliphatic carbocycles. The van der Waals surface area contributed by atoms with Crippen molar-refractivity contribution >= 4 is 33.3 Å². The predicted molar refractivity (Wildman–Crippen MR) is 55.8 cm³/mol. The monoisotopic (exact) mass is 267 g/mol. The summed E-state index contributed by atoms with van der Waals surface area (Å²) in [4.78, 5) is 22.4. The van der Waals surface area contributed by atoms with Crippen molar-refractivity contribution in [3.05, 3.63) is 40.4 Å². The number of carbonyl (C=O) groups is 2. The minimum Gasteiger partial charge on any atom is -0.278 e. The fraction of sp³-hybridized carbons (Fsp3) is 0. The molecule has 0 aromatic heterocycles. The molecule has 1 aliphatic heterocycles. The molecule has 1 aromatic carbocycles. The van der Waals surface area contributed by atoms with Crippen LogP contribution in [0.4, 0.5) is 0 Å². The Balaban J connectivity index is 2.41. The zero-order chi connectivity index (χ0) is 11.0. The third-order valence-electron chi connectivity index (χ3n) is 2.05. The Morgan fingerprint density at radius 2 is 1.73 bits per heavy atom. The van der Waals surface area contributed by atoms with Gasteiger partial charge in [-0.15, -0.1) is 5.06 Å². The molecule has 1 N–H and O–H groups in total. The highest BCUT2D eigenvalue weighted by Crippen LogP contribution is 2.23. The maximum Gasteiger partial charge on any atom is 0.285 e. The number of benzene rings is 1. The van der Waals surface area contributed by atoms with Gasteiger partial charge in [-0.25, -0.2) is 0 Å². The first-order valence-electron chi connectivity index (χ1n) is 4.14. The van der Waals surface area contributed by atoms with Gasteiger partial charge in [-0.1, -0.05) is 28.1 Å². The van der Waals surface area contributed by atoms with Crippen LogP contribution in [0, 0.1) is 0 Å². The third-order valence-corrected chi connectivity index (χ3v) is 2.58. The number of hydrogen-bond acceptors (Lipinski definition) is 3. The number of halogens is 1. The Morgan fingerprint density at radius 3 is 2.20 bits per heavy atom. The summed E-state index contributed by atoms with van der Waals surface area (Å²) in [6.45, 7) is 0. The summed E-state index contributed by atoms with van der Waals surface area (Å²) in [5.74, 6) is -1.40. The van der Waals surface area contributed by atoms with Crippen molar-refractivity contribution in [2.24, 2.45) is 0 Å². The second-order valence-electron chi connectivity index (χ2n) is 3.02. The van der Waals surface area contributed by atoms with Crippen LogP contribution in [0.1, 0.15) is 5.56 Å². The van der Waals surface area contributed by atoms with Gasteiger partial charge in [0, 0.05) is 10.5 Å². The zero-order valence-electron chi connectivity index (χ0n) is 7.48. The van der Waals surface area contributed by atoms with E-state index in [1.54, 1.807) is 24.3 Å². The standard InChI is InChI=1S/C10H6BrNO3/c11-7-3-1-6(2-4-7)8-5-9(13)12(15)10(8)14/h1-5,15H. The van der Waals surface area contributed by atoms with Gasteiger partial charge in [-0.2, -0.15) is 0 Å². The summed E-state index contributed by atoms with van der Waals surface area (Å²) in [6.07, 6.45) is 1.12. The second kappa shape index (κ2) is 3.60. The average molecular weight is 268 g/mol. The molecule has 0 fully saturated rings. The highest BCUT2D eigenvalue weighted by atomic mass is 79.9. The number of rotatable bonds is 1. The zero-order valence-corrected chi connectivity index (χ0v) is 9.06. The summed E-state index contributed by atoms with van der Waals surface area (Å²) in [7, 11) is 0. The van der Waals surface area contributed by atoms with E-state index >= 15 is 0 Å². The van der Waals surface area contributed by atoms with E-state index in [0.717, 1.165) is 10.5 Å². The molecule has 0 radical (unpaired) electrons. The summed E-state index contributed by atoms with van der Waals surface area (Å²) in [5.41, 5.74) is 0.808. The van der Waals surface area contributed by atoms with Crippen LogP contribution in [0.5, 0.6) is 0 Å². The topological polar surface area (TPSA) is 57.6 Å². The van der Waals surface area contributed by atoms with Crippen molar-refractivity contribution in [2.45, 2.75) is 0 Å². The fourth-order valence-corrected chi connectivity index (χ4v) is 1.56. The number of carbonyl (C=O) groups excluding carboxylic acids is 2. The molecule has 5 heteroatoms. The van der Waals surface area contributed by atoms with Crippen molar-refractivity contribution in [2.75, 3.05) is 0 Å². The molecule has 0 atom stereocenters. The highest BCUT2D eigenvalue weighted by molar-refractivity contribution is 9.10. The predicted octanol–water partition coefficient (Wildman–Crippen LogP) is 1.59. The summed E-state index contributed by atoms with van der Waals surface area (Å²) in [5, 5.41) is 9.13. The molecule has 15 heavy (non-hydrogen) atoms. The van der Waals surface area contributed by atoms with Crippen LogP contribution in [0.3, 0.4) is 0 Å². The van der Waals surface area contributed by atoms with E-state index in [1.807, 2.05) is 0 Å². The van der Waals surface area contributed by atoms with Crippen LogP contribution in [-0.2, 0) is 9.59 Å². The summed E-state index contributed by atoms with van der Waals surface area (Å²) in [6, 6.07) is 6.91. The maximum absolute atomic E-state index is 11.4. The van der Waals surface area contributed by atoms with Gasteiger partial charge < -0.3 is 0 Å². The Morgan fingerprint density at radius 1 is 1.13 bits per heavy atom. The lowest BCUT2D eigenvalue weighted by Gasteiger charge is -2.04. The molecule has 0 saturated heterocycles. The van der Waals surface area contributed by atoms with Gasteiger partial charge >= 0.3 is 0 Å². The normalized spacial score (nSPS) is 15.9. The molecular weight excluding hydrogens is 262 g/mol. The first-order chi connectivity index (χ1) is 7.09. The Kier molecular flexibility index (Phi) is 2.42. The number of amides is 2. The first-order valence-corrected chi connectivity index (χ1v) is 4.94. The van der Waals surface area contributed by atoms with Gasteiger partial charge in [0.25, 0.3) is 11.8 Å². The molecule has 76 valence electrons. The SMILES string of the molecule is O=C1C=C(c2ccc(Br)cc2)C(=O)N1O. The highest BCUT2D eigenvalue weighted by Gasteiger charge is 2.30. The van der Waals surface area contributed by atoms with Gasteiger partial charge in [0.15, 0.2) is 0 Å². The molecule has 1 heterocycles. The van der Waals surface area contributed by atoms with Crippen molar-refractivity contribution in [1.29, 1.82) is 0 Å². The summed E-state index contributed by atoms with van der Waals surface area (Å²) >= 11 is 3.26. The van der Waals surface area contributed by atoms with E-state index in [2.05, 4.69) is 15.9 Å². The fourth-order valence-electron chi connectivity index (χ4n) is 1.30. The minimum absolute atomic E-state index is 0.109. The van der Waals surface area contributed by atoms with Crippen LogP contribution in [-0.4, -0.2) is 22.1 Å². The Labute approximate surface area is 93.9 Å². The van der Waals surface area contributed by atoms with Gasteiger partial charge in [-0.05, 0) is 17.7 Å². The lowest BCUT2D eigenvalue weighted by atomic mass is 10.1. The van der Waals surface area contributed by atoms with E-state index in [9.17, 15) is 9.59 Å². The Bertz CT molecular complexity index is 464. The number of imide groups is 1. The van der Waals surface area contributed by atoms with E-state index < -0.39 is 11.8 Å². The third kappa shape index (κ3) is 1.71. The second-order valence-corrected chi connectivity index (χ2v) is 3.94. The number of hydrogen-bond donors (Lipinski definition) is 1. The molecule has 4 nitrogen and oxygen atoms in total. The van der Waals surface area contributed by atoms with Crippen molar-refractivity contribution in [1.82, 2.24) is 5.06 Å². The van der Waals surface area contributed by atoms with Crippen molar-refractivity contribution in [3.8, 4) is 0 Å². The van der Waals surface area contributed by atoms with Gasteiger partial charge in [-0.3, -0.25) is 14.8 Å². The molecule has 1 aliphatic rings. The van der Waals surface area contributed by atoms with Crippen LogP contribution in [0.15, 0.2) is 34.8 Å². The quantitative estimate of drug-likeness (QED) is 0.621. The van der Waals surface area contributed by atoms with Crippen LogP contribution in [0.2, 0.25) is 0 Å². The molecule has 0 unspecified atom stereocenters. The molecule has 0 saturated carbocycles. The van der Waals surface area contributed by atoms with Crippen molar-refractivity contribution < 1.29 is 14.8 Å². The smallest absolute Gasteiger partial charge is 0.278 e. The molecule has 0 bridgehead atoms. The van der Waals surface area contributed by atoms with Crippen molar-refractivity contribution in [3.63, 3.8) is 0 Å². The summed E-state index contributed by atoms with van der Waals surface area (Å²) < 4.78 is 0.879. The molecule has 2 rings (SSSR count). The first kappa shape index (κ1) is 10.1. The van der Waals surface area contributed by atoms with Crippen LogP contribution in [0.25, 0.3) is 5.57 Å². The minimum atomic E-state index is -0.710. The van der Waals surface area contributed by atoms with E-state index in [4.69, 9.17) is 5.21 Å². The molecule has 2 amide bonds. The van der Waals surface area contributed by atoms with Crippen LogP contribution >= 0.6 is 15.9 Å². The van der Waals surface area contributed by atoms with Gasteiger partial charge in [0.1, 0.15) is 0 Å². The maximum atomic E-state index is 11.4. The lowest BCUT2D eigenvalue weighted by molar-refractivity contribution is -0.168. The molecule has 0 spiro atoms. The Hall–Kier alpha value is -1.46. The average Bonchev–Trinajstić information content (AvgIpc) is 2.47. The van der Waals surface area contributed by atoms with E-state index in [1.165, 1.54) is 0 Å². The lowest BCUT2D eigenvalue weighted by Crippen LogP contribution is -2.26. The van der Waals surface area contributed by atoms with E-state index in [0.29, 0.717) is 5.56 Å². The van der Waals surface area contributed by atoms with Gasteiger partial charge in [0.05, 0.1) is 5.57 Å². The number of nitrogens with zero attached hydrogens (tertiary/aromatic N) is 1. The largest absolute Gasteiger partial charge is 0.285 e.